The summed E-state index contributed by atoms with van der Waals surface area (Å²) in [5.74, 6) is 1.74. The van der Waals surface area contributed by atoms with Crippen LogP contribution in [-0.4, -0.2) is 50.5 Å². The summed E-state index contributed by atoms with van der Waals surface area (Å²) in [6.45, 7) is 1.38. The maximum absolute atomic E-state index is 6.25. The molecular formula is C18H25ClN4O. The molecule has 0 aliphatic rings. The van der Waals surface area contributed by atoms with Crippen molar-refractivity contribution < 1.29 is 4.42 Å². The molecule has 130 valence electrons. The van der Waals surface area contributed by atoms with Gasteiger partial charge in [0.05, 0.1) is 12.3 Å². The highest BCUT2D eigenvalue weighted by Gasteiger charge is 2.18. The zero-order valence-corrected chi connectivity index (χ0v) is 15.4. The molecule has 1 N–H and O–H groups in total. The lowest BCUT2D eigenvalue weighted by molar-refractivity contribution is 0.256. The van der Waals surface area contributed by atoms with E-state index in [1.165, 1.54) is 0 Å². The summed E-state index contributed by atoms with van der Waals surface area (Å²) in [5, 5.41) is 4.18. The number of furan rings is 1. The van der Waals surface area contributed by atoms with Gasteiger partial charge in [-0.2, -0.15) is 0 Å². The van der Waals surface area contributed by atoms with E-state index < -0.39 is 0 Å². The first-order valence-corrected chi connectivity index (χ1v) is 8.25. The molecule has 0 spiro atoms. The standard InChI is InChI=1S/C18H25ClN4O/c1-20-18(23(4)13-14-8-5-6-9-15(14)19)21-12-16(22(2)3)17-10-7-11-24-17/h5-11,16H,12-13H2,1-4H3,(H,20,21). The molecule has 0 saturated carbocycles. The SMILES string of the molecule is CN=C(NCC(c1ccco1)N(C)C)N(C)Cc1ccccc1Cl. The normalized spacial score (nSPS) is 13.2. The highest BCUT2D eigenvalue weighted by atomic mass is 35.5. The maximum Gasteiger partial charge on any atom is 0.193 e. The summed E-state index contributed by atoms with van der Waals surface area (Å²) >= 11 is 6.25. The first-order valence-electron chi connectivity index (χ1n) is 7.88. The smallest absolute Gasteiger partial charge is 0.193 e. The first-order chi connectivity index (χ1) is 11.5. The molecule has 0 fully saturated rings. The lowest BCUT2D eigenvalue weighted by Crippen LogP contribution is -2.42. The number of rotatable bonds is 6. The van der Waals surface area contributed by atoms with Crippen molar-refractivity contribution in [2.75, 3.05) is 34.7 Å². The van der Waals surface area contributed by atoms with E-state index in [1.54, 1.807) is 13.3 Å². The molecule has 1 heterocycles. The lowest BCUT2D eigenvalue weighted by Gasteiger charge is -2.27. The molecule has 1 aromatic heterocycles. The average molecular weight is 349 g/mol. The van der Waals surface area contributed by atoms with Crippen LogP contribution >= 0.6 is 11.6 Å². The van der Waals surface area contributed by atoms with Crippen molar-refractivity contribution in [3.8, 4) is 0 Å². The molecule has 1 atom stereocenters. The number of aliphatic imine (C=N–C) groups is 1. The van der Waals surface area contributed by atoms with Gasteiger partial charge in [0.15, 0.2) is 5.96 Å². The third-order valence-corrected chi connectivity index (χ3v) is 4.26. The van der Waals surface area contributed by atoms with Crippen molar-refractivity contribution in [1.82, 2.24) is 15.1 Å². The van der Waals surface area contributed by atoms with Crippen LogP contribution in [-0.2, 0) is 6.54 Å². The number of likely N-dealkylation sites (N-methyl/N-ethyl adjacent to an activating group) is 1. The molecule has 1 aromatic carbocycles. The number of hydrogen-bond donors (Lipinski definition) is 1. The van der Waals surface area contributed by atoms with Gasteiger partial charge in [-0.15, -0.1) is 0 Å². The van der Waals surface area contributed by atoms with Gasteiger partial charge in [0, 0.05) is 32.2 Å². The monoisotopic (exact) mass is 348 g/mol. The number of hydrogen-bond acceptors (Lipinski definition) is 3. The van der Waals surface area contributed by atoms with Crippen LogP contribution in [0, 0.1) is 0 Å². The Morgan fingerprint density at radius 2 is 1.96 bits per heavy atom. The second kappa shape index (κ2) is 8.76. The molecule has 6 heteroatoms. The number of benzene rings is 1. The quantitative estimate of drug-likeness (QED) is 0.643. The van der Waals surface area contributed by atoms with Gasteiger partial charge in [0.1, 0.15) is 5.76 Å². The molecule has 0 radical (unpaired) electrons. The minimum atomic E-state index is 0.130. The van der Waals surface area contributed by atoms with Crippen molar-refractivity contribution in [3.63, 3.8) is 0 Å². The largest absolute Gasteiger partial charge is 0.468 e. The van der Waals surface area contributed by atoms with Crippen LogP contribution in [0.3, 0.4) is 0 Å². The van der Waals surface area contributed by atoms with Gasteiger partial charge in [-0.3, -0.25) is 9.89 Å². The Hall–Kier alpha value is -1.98. The number of nitrogens with zero attached hydrogens (tertiary/aromatic N) is 3. The Bertz CT molecular complexity index is 655. The summed E-state index contributed by atoms with van der Waals surface area (Å²) in [6, 6.07) is 11.9. The molecule has 0 aliphatic heterocycles. The van der Waals surface area contributed by atoms with Crippen LogP contribution in [0.1, 0.15) is 17.4 Å². The Labute approximate surface area is 148 Å². The van der Waals surface area contributed by atoms with Crippen LogP contribution in [0.4, 0.5) is 0 Å². The molecule has 0 aliphatic carbocycles. The van der Waals surface area contributed by atoms with Gasteiger partial charge in [-0.1, -0.05) is 29.8 Å². The topological polar surface area (TPSA) is 44.0 Å². The van der Waals surface area contributed by atoms with E-state index in [0.717, 1.165) is 22.3 Å². The fraction of sp³-hybridized carbons (Fsp3) is 0.389. The summed E-state index contributed by atoms with van der Waals surface area (Å²) < 4.78 is 5.54. The Morgan fingerprint density at radius 3 is 2.54 bits per heavy atom. The van der Waals surface area contributed by atoms with Crippen LogP contribution in [0.5, 0.6) is 0 Å². The summed E-state index contributed by atoms with van der Waals surface area (Å²) in [5.41, 5.74) is 1.07. The molecule has 1 unspecified atom stereocenters. The number of nitrogens with one attached hydrogen (secondary N) is 1. The third-order valence-electron chi connectivity index (χ3n) is 3.89. The van der Waals surface area contributed by atoms with Gasteiger partial charge in [-0.05, 0) is 37.9 Å². The summed E-state index contributed by atoms with van der Waals surface area (Å²) in [4.78, 5) is 8.54. The van der Waals surface area contributed by atoms with E-state index in [2.05, 4.69) is 20.1 Å². The van der Waals surface area contributed by atoms with Gasteiger partial charge in [0.25, 0.3) is 0 Å². The Kier molecular flexibility index (Phi) is 6.70. The molecule has 0 amide bonds. The van der Waals surface area contributed by atoms with Crippen LogP contribution in [0.2, 0.25) is 5.02 Å². The maximum atomic E-state index is 6.25. The number of halogens is 1. The van der Waals surface area contributed by atoms with Crippen molar-refractivity contribution in [2.24, 2.45) is 4.99 Å². The molecule has 5 nitrogen and oxygen atoms in total. The first kappa shape index (κ1) is 18.4. The highest BCUT2D eigenvalue weighted by Crippen LogP contribution is 2.18. The zero-order valence-electron chi connectivity index (χ0n) is 14.7. The Morgan fingerprint density at radius 1 is 1.21 bits per heavy atom. The average Bonchev–Trinajstić information content (AvgIpc) is 3.07. The van der Waals surface area contributed by atoms with E-state index in [4.69, 9.17) is 16.0 Å². The minimum absolute atomic E-state index is 0.130. The van der Waals surface area contributed by atoms with Gasteiger partial charge < -0.3 is 14.6 Å². The fourth-order valence-corrected chi connectivity index (χ4v) is 2.74. The van der Waals surface area contributed by atoms with Crippen LogP contribution < -0.4 is 5.32 Å². The molecule has 0 saturated heterocycles. The van der Waals surface area contributed by atoms with Crippen molar-refractivity contribution in [2.45, 2.75) is 12.6 Å². The molecule has 2 aromatic rings. The van der Waals surface area contributed by atoms with Crippen molar-refractivity contribution in [3.05, 3.63) is 59.0 Å². The fourth-order valence-electron chi connectivity index (χ4n) is 2.55. The van der Waals surface area contributed by atoms with E-state index >= 15 is 0 Å². The van der Waals surface area contributed by atoms with E-state index in [1.807, 2.05) is 57.5 Å². The van der Waals surface area contributed by atoms with E-state index in [9.17, 15) is 0 Å². The summed E-state index contributed by atoms with van der Waals surface area (Å²) in [7, 11) is 7.84. The van der Waals surface area contributed by atoms with E-state index in [0.29, 0.717) is 13.1 Å². The van der Waals surface area contributed by atoms with Gasteiger partial charge >= 0.3 is 0 Å². The predicted octanol–water partition coefficient (Wildman–Crippen LogP) is 3.24. The third kappa shape index (κ3) is 4.76. The zero-order chi connectivity index (χ0) is 17.5. The van der Waals surface area contributed by atoms with Crippen molar-refractivity contribution >= 4 is 17.6 Å². The molecular weight excluding hydrogens is 324 g/mol. The highest BCUT2D eigenvalue weighted by molar-refractivity contribution is 6.31. The molecule has 2 rings (SSSR count). The van der Waals surface area contributed by atoms with Crippen LogP contribution in [0.15, 0.2) is 52.1 Å². The van der Waals surface area contributed by atoms with Gasteiger partial charge in [-0.25, -0.2) is 0 Å². The second-order valence-electron chi connectivity index (χ2n) is 5.87. The summed E-state index contributed by atoms with van der Waals surface area (Å²) in [6.07, 6.45) is 1.70. The van der Waals surface area contributed by atoms with Gasteiger partial charge in [0.2, 0.25) is 0 Å². The molecule has 24 heavy (non-hydrogen) atoms. The Balaban J connectivity index is 2.00. The number of guanidine groups is 1. The van der Waals surface area contributed by atoms with Crippen LogP contribution in [0.25, 0.3) is 0 Å². The van der Waals surface area contributed by atoms with E-state index in [-0.39, 0.29) is 6.04 Å². The second-order valence-corrected chi connectivity index (χ2v) is 6.28. The predicted molar refractivity (Wildman–Crippen MR) is 99.4 cm³/mol. The van der Waals surface area contributed by atoms with Crippen molar-refractivity contribution in [1.29, 1.82) is 0 Å². The molecule has 0 bridgehead atoms. The minimum Gasteiger partial charge on any atom is -0.468 e. The lowest BCUT2D eigenvalue weighted by atomic mass is 10.2.